The topological polar surface area (TPSA) is 37.1 Å². The molecule has 0 unspecified atom stereocenters. The Kier molecular flexibility index (Phi) is 9.71. The molecule has 57 heavy (non-hydrogen) atoms. The van der Waals surface area contributed by atoms with Gasteiger partial charge in [-0.1, -0.05) is 134 Å². The van der Waals surface area contributed by atoms with Gasteiger partial charge in [-0.15, -0.1) is 16.5 Å². The number of aromatic nitrogens is 2. The van der Waals surface area contributed by atoms with Crippen LogP contribution in [0.4, 0.5) is 22.7 Å². The molecule has 2 aromatic heterocycles. The third-order valence-corrected chi connectivity index (χ3v) is 15.6. The van der Waals surface area contributed by atoms with E-state index in [4.69, 9.17) is 9.92 Å². The summed E-state index contributed by atoms with van der Waals surface area (Å²) in [5.41, 5.74) is 7.28. The van der Waals surface area contributed by atoms with Gasteiger partial charge in [-0.05, 0) is 69.7 Å². The van der Waals surface area contributed by atoms with E-state index in [1.165, 1.54) is 21.3 Å². The van der Waals surface area contributed by atoms with Gasteiger partial charge < -0.3 is 4.57 Å². The van der Waals surface area contributed by atoms with Crippen molar-refractivity contribution in [3.05, 3.63) is 206 Å². The van der Waals surface area contributed by atoms with Crippen molar-refractivity contribution in [2.75, 3.05) is 10.1 Å². The predicted octanol–water partition coefficient (Wildman–Crippen LogP) is 9.41. The van der Waals surface area contributed by atoms with Crippen molar-refractivity contribution < 1.29 is 26.0 Å². The van der Waals surface area contributed by atoms with Crippen molar-refractivity contribution in [3.8, 4) is 5.82 Å². The average molecular weight is 935 g/mol. The first kappa shape index (κ1) is 36.6. The summed E-state index contributed by atoms with van der Waals surface area (Å²) in [5.74, 6) is 1.27. The van der Waals surface area contributed by atoms with E-state index in [1.807, 2.05) is 34.5 Å². The minimum Gasteiger partial charge on any atom is -0.319 e. The summed E-state index contributed by atoms with van der Waals surface area (Å²) < 4.78 is 2.30. The number of pyridine rings is 1. The number of hydrogen-bond donors (Lipinski definition) is 0. The number of benzene rings is 7. The second kappa shape index (κ2) is 15.1. The smallest absolute Gasteiger partial charge is 0.148 e. The van der Waals surface area contributed by atoms with Crippen LogP contribution in [0.15, 0.2) is 188 Å². The van der Waals surface area contributed by atoms with Gasteiger partial charge in [0.1, 0.15) is 31.0 Å². The van der Waals surface area contributed by atoms with Crippen LogP contribution in [0.25, 0.3) is 27.6 Å². The van der Waals surface area contributed by atoms with E-state index in [-0.39, 0.29) is 21.1 Å². The third kappa shape index (κ3) is 6.12. The molecule has 3 heterocycles. The van der Waals surface area contributed by atoms with E-state index in [2.05, 4.69) is 194 Å². The molecule has 0 radical (unpaired) electrons. The predicted molar refractivity (Wildman–Crippen MR) is 233 cm³/mol. The van der Waals surface area contributed by atoms with Gasteiger partial charge in [0.2, 0.25) is 0 Å². The van der Waals surface area contributed by atoms with Gasteiger partial charge in [-0.3, -0.25) is 0 Å². The maximum atomic E-state index is 5.20. The SMILES string of the molecule is CC(C)c1ccnc(-n2c3[c-]c([Si](c4[c-]c(N5[OH+]N(c6ccccc6)c6ccccc65)ccc4)(c4ccccc4)c4ccccc4)ccc3c3ccccc32)c1.[Pt]. The van der Waals surface area contributed by atoms with Crippen molar-refractivity contribution in [3.63, 3.8) is 0 Å². The fraction of sp³-hybridized carbons (Fsp3) is 0.0600. The average Bonchev–Trinajstić information content (AvgIpc) is 3.82. The molecule has 0 saturated heterocycles. The molecular formula is C50H39N4OPtSi-. The molecule has 0 atom stereocenters. The van der Waals surface area contributed by atoms with E-state index >= 15 is 0 Å². The first-order chi connectivity index (χ1) is 27.6. The number of hydrogen-bond acceptors (Lipinski definition) is 3. The van der Waals surface area contributed by atoms with Crippen molar-refractivity contribution in [2.24, 2.45) is 0 Å². The minimum absolute atomic E-state index is 0. The molecular weight excluding hydrogens is 896 g/mol. The number of fused-ring (bicyclic) bond motifs is 4. The zero-order valence-electron chi connectivity index (χ0n) is 31.5. The molecule has 10 rings (SSSR count). The molecule has 5 nitrogen and oxygen atoms in total. The van der Waals surface area contributed by atoms with Gasteiger partial charge in [-0.25, -0.2) is 4.98 Å². The number of rotatable bonds is 8. The quantitative estimate of drug-likeness (QED) is 0.0660. The number of para-hydroxylation sites is 4. The number of nitrogens with zero attached hydrogens (tertiary/aromatic N) is 4. The molecule has 1 aliphatic rings. The molecule has 7 aromatic carbocycles. The molecule has 0 spiro atoms. The van der Waals surface area contributed by atoms with Gasteiger partial charge in [0, 0.05) is 38.5 Å². The maximum absolute atomic E-state index is 5.20. The summed E-state index contributed by atoms with van der Waals surface area (Å²) in [6.45, 7) is 4.46. The summed E-state index contributed by atoms with van der Waals surface area (Å²) in [6, 6.07) is 72.9. The number of anilines is 4. The van der Waals surface area contributed by atoms with E-state index in [9.17, 15) is 0 Å². The van der Waals surface area contributed by atoms with Crippen LogP contribution in [0, 0.1) is 12.1 Å². The maximum Gasteiger partial charge on any atom is 0.148 e. The van der Waals surface area contributed by atoms with Crippen LogP contribution in [0.5, 0.6) is 0 Å². The fourth-order valence-corrected chi connectivity index (χ4v) is 12.9. The normalized spacial score (nSPS) is 12.6. The molecule has 0 bridgehead atoms. The first-order valence-electron chi connectivity index (χ1n) is 19.1. The molecule has 1 N–H and O–H groups in total. The Hall–Kier alpha value is -6.04. The van der Waals surface area contributed by atoms with Gasteiger partial charge in [-0.2, -0.15) is 51.7 Å². The van der Waals surface area contributed by atoms with Gasteiger partial charge >= 0.3 is 0 Å². The largest absolute Gasteiger partial charge is 0.319 e. The van der Waals surface area contributed by atoms with Crippen LogP contribution in [-0.2, 0) is 21.1 Å². The minimum atomic E-state index is -3.10. The summed E-state index contributed by atoms with van der Waals surface area (Å²) in [5, 5.41) is 11.1. The Labute approximate surface area is 348 Å². The van der Waals surface area contributed by atoms with Crippen molar-refractivity contribution in [1.82, 2.24) is 9.55 Å². The summed E-state index contributed by atoms with van der Waals surface area (Å²) in [7, 11) is -3.10. The van der Waals surface area contributed by atoms with Crippen molar-refractivity contribution in [2.45, 2.75) is 19.8 Å². The van der Waals surface area contributed by atoms with Crippen molar-refractivity contribution in [1.29, 1.82) is 0 Å². The van der Waals surface area contributed by atoms with Gasteiger partial charge in [0.25, 0.3) is 0 Å². The monoisotopic (exact) mass is 934 g/mol. The van der Waals surface area contributed by atoms with E-state index < -0.39 is 8.07 Å². The Morgan fingerprint density at radius 3 is 1.88 bits per heavy atom. The van der Waals surface area contributed by atoms with E-state index in [0.29, 0.717) is 5.92 Å². The Morgan fingerprint density at radius 1 is 0.561 bits per heavy atom. The van der Waals surface area contributed by atoms with Crippen LogP contribution in [0.1, 0.15) is 25.3 Å². The molecule has 0 aliphatic carbocycles. The van der Waals surface area contributed by atoms with Gasteiger partial charge in [0.15, 0.2) is 0 Å². The van der Waals surface area contributed by atoms with Crippen LogP contribution in [-0.4, -0.2) is 22.6 Å². The molecule has 0 saturated carbocycles. The summed E-state index contributed by atoms with van der Waals surface area (Å²) >= 11 is 0. The summed E-state index contributed by atoms with van der Waals surface area (Å²) in [6.07, 6.45) is 1.93. The molecule has 9 aromatic rings. The molecule has 7 heteroatoms. The standard InChI is InChI=1S/C50H38N4OSi.Pt/c1-36(2)37-31-32-51-50(33-37)52-46-26-13-12-25-44(46)45-30-29-43(35-49(45)52)56(40-20-8-4-9-21-40,41-22-10-5-11-23-41)42-24-16-19-39(34-42)54-48-28-15-14-27-47(48)53(55-54)38-17-6-3-7-18-38;/h3-33,36H,1-2H3;/q-2;/p+1. The van der Waals surface area contributed by atoms with E-state index in [1.54, 1.807) is 0 Å². The molecule has 0 amide bonds. The molecule has 1 aliphatic heterocycles. The van der Waals surface area contributed by atoms with Crippen molar-refractivity contribution >= 4 is 73.4 Å². The Bertz CT molecular complexity index is 2810. The second-order valence-corrected chi connectivity index (χ2v) is 18.3. The third-order valence-electron chi connectivity index (χ3n) is 11.0. The van der Waals surface area contributed by atoms with E-state index in [0.717, 1.165) is 55.4 Å². The molecule has 0 fully saturated rings. The first-order valence-corrected chi connectivity index (χ1v) is 21.1. The fourth-order valence-electron chi connectivity index (χ4n) is 8.32. The Morgan fingerprint density at radius 2 is 1.18 bits per heavy atom. The Balaban J connectivity index is 0.00000422. The second-order valence-electron chi connectivity index (χ2n) is 14.6. The summed E-state index contributed by atoms with van der Waals surface area (Å²) in [4.78, 5) is 10.2. The van der Waals surface area contributed by atoms with Crippen LogP contribution < -0.4 is 30.9 Å². The molecule has 280 valence electrons. The zero-order chi connectivity index (χ0) is 37.6. The zero-order valence-corrected chi connectivity index (χ0v) is 34.8. The van der Waals surface area contributed by atoms with Gasteiger partial charge in [0.05, 0.1) is 0 Å². The van der Waals surface area contributed by atoms with Crippen LogP contribution in [0.2, 0.25) is 0 Å². The van der Waals surface area contributed by atoms with Crippen LogP contribution >= 0.6 is 0 Å². The van der Waals surface area contributed by atoms with Crippen LogP contribution in [0.3, 0.4) is 0 Å².